The second kappa shape index (κ2) is 6.76. The summed E-state index contributed by atoms with van der Waals surface area (Å²) in [6.07, 6.45) is 0. The van der Waals surface area contributed by atoms with Crippen molar-refractivity contribution in [1.29, 1.82) is 0 Å². The molecule has 0 fully saturated rings. The number of aromatic nitrogens is 2. The summed E-state index contributed by atoms with van der Waals surface area (Å²) < 4.78 is 19.9. The Kier molecular flexibility index (Phi) is 5.01. The van der Waals surface area contributed by atoms with Crippen LogP contribution in [0.1, 0.15) is 25.2 Å². The van der Waals surface area contributed by atoms with Crippen molar-refractivity contribution in [3.63, 3.8) is 0 Å². The van der Waals surface area contributed by atoms with Crippen LogP contribution in [0.5, 0.6) is 5.75 Å². The highest BCUT2D eigenvalue weighted by molar-refractivity contribution is 7.84. The van der Waals surface area contributed by atoms with Gasteiger partial charge in [-0.15, -0.1) is 0 Å². The zero-order valence-corrected chi connectivity index (χ0v) is 13.4. The summed E-state index contributed by atoms with van der Waals surface area (Å²) in [5.41, 5.74) is 8.35. The zero-order chi connectivity index (χ0) is 15.4. The molecule has 1 atom stereocenters. The van der Waals surface area contributed by atoms with Gasteiger partial charge in [0.1, 0.15) is 5.75 Å². The molecule has 0 aliphatic heterocycles. The van der Waals surface area contributed by atoms with Crippen molar-refractivity contribution >= 4 is 16.5 Å². The summed E-state index contributed by atoms with van der Waals surface area (Å²) >= 11 is 0. The molecule has 21 heavy (non-hydrogen) atoms. The number of nitrogens with zero attached hydrogens (tertiary/aromatic N) is 2. The largest absolute Gasteiger partial charge is 0.494 e. The number of nitrogens with two attached hydrogens (primary N) is 1. The third-order valence-electron chi connectivity index (χ3n) is 3.11. The van der Waals surface area contributed by atoms with E-state index in [1.54, 1.807) is 18.2 Å². The van der Waals surface area contributed by atoms with E-state index in [0.717, 1.165) is 17.9 Å². The van der Waals surface area contributed by atoms with Gasteiger partial charge in [-0.3, -0.25) is 8.89 Å². The van der Waals surface area contributed by atoms with Gasteiger partial charge < -0.3 is 10.5 Å². The SMILES string of the molecule is CCOc1ccc(N)c(S(=O)Cc2cc(C)nn2CC)c1. The third-order valence-corrected chi connectivity index (χ3v) is 4.51. The van der Waals surface area contributed by atoms with Crippen LogP contribution in [0.15, 0.2) is 29.2 Å². The lowest BCUT2D eigenvalue weighted by Gasteiger charge is -2.10. The number of rotatable bonds is 6. The Morgan fingerprint density at radius 2 is 2.10 bits per heavy atom. The summed E-state index contributed by atoms with van der Waals surface area (Å²) in [4.78, 5) is 0.613. The number of nitrogen functional groups attached to an aromatic ring is 1. The van der Waals surface area contributed by atoms with Crippen LogP contribution in [-0.2, 0) is 23.1 Å². The van der Waals surface area contributed by atoms with Crippen LogP contribution in [0, 0.1) is 6.92 Å². The van der Waals surface area contributed by atoms with Crippen molar-refractivity contribution in [2.24, 2.45) is 0 Å². The Morgan fingerprint density at radius 3 is 2.76 bits per heavy atom. The number of ether oxygens (including phenoxy) is 1. The van der Waals surface area contributed by atoms with E-state index >= 15 is 0 Å². The van der Waals surface area contributed by atoms with Crippen molar-refractivity contribution in [2.45, 2.75) is 38.0 Å². The molecule has 0 aliphatic carbocycles. The van der Waals surface area contributed by atoms with E-state index in [4.69, 9.17) is 10.5 Å². The monoisotopic (exact) mass is 307 g/mol. The zero-order valence-electron chi connectivity index (χ0n) is 12.6. The van der Waals surface area contributed by atoms with Crippen molar-refractivity contribution < 1.29 is 8.95 Å². The summed E-state index contributed by atoms with van der Waals surface area (Å²) in [6, 6.07) is 7.25. The average Bonchev–Trinajstić information content (AvgIpc) is 2.81. The van der Waals surface area contributed by atoms with E-state index in [9.17, 15) is 4.21 Å². The summed E-state index contributed by atoms with van der Waals surface area (Å²) in [5, 5.41) is 4.37. The van der Waals surface area contributed by atoms with Crippen LogP contribution in [0.2, 0.25) is 0 Å². The van der Waals surface area contributed by atoms with Crippen LogP contribution < -0.4 is 10.5 Å². The molecular weight excluding hydrogens is 286 g/mol. The van der Waals surface area contributed by atoms with Crippen molar-refractivity contribution in [3.8, 4) is 5.75 Å². The van der Waals surface area contributed by atoms with Gasteiger partial charge in [-0.1, -0.05) is 0 Å². The molecule has 2 aromatic rings. The Bertz CT molecular complexity index is 652. The molecule has 0 amide bonds. The smallest absolute Gasteiger partial charge is 0.120 e. The molecule has 1 aromatic carbocycles. The number of benzene rings is 1. The molecule has 1 heterocycles. The highest BCUT2D eigenvalue weighted by Gasteiger charge is 2.14. The van der Waals surface area contributed by atoms with Gasteiger partial charge in [0.2, 0.25) is 0 Å². The first-order chi connectivity index (χ1) is 10.0. The fraction of sp³-hybridized carbons (Fsp3) is 0.400. The first-order valence-corrected chi connectivity index (χ1v) is 8.31. The molecule has 2 N–H and O–H groups in total. The lowest BCUT2D eigenvalue weighted by Crippen LogP contribution is -2.07. The fourth-order valence-electron chi connectivity index (χ4n) is 2.17. The van der Waals surface area contributed by atoms with Gasteiger partial charge in [0.05, 0.1) is 39.4 Å². The van der Waals surface area contributed by atoms with Crippen LogP contribution in [0.25, 0.3) is 0 Å². The maximum Gasteiger partial charge on any atom is 0.120 e. The molecule has 0 bridgehead atoms. The molecule has 0 spiro atoms. The topological polar surface area (TPSA) is 70.1 Å². The first kappa shape index (κ1) is 15.6. The van der Waals surface area contributed by atoms with Gasteiger partial charge in [-0.2, -0.15) is 5.10 Å². The van der Waals surface area contributed by atoms with E-state index in [2.05, 4.69) is 5.10 Å². The van der Waals surface area contributed by atoms with Gasteiger partial charge >= 0.3 is 0 Å². The van der Waals surface area contributed by atoms with E-state index in [0.29, 0.717) is 28.7 Å². The number of hydrogen-bond donors (Lipinski definition) is 1. The second-order valence-electron chi connectivity index (χ2n) is 4.72. The quantitative estimate of drug-likeness (QED) is 0.832. The Morgan fingerprint density at radius 1 is 1.33 bits per heavy atom. The van der Waals surface area contributed by atoms with Crippen molar-refractivity contribution in [1.82, 2.24) is 9.78 Å². The molecule has 5 nitrogen and oxygen atoms in total. The molecule has 1 unspecified atom stereocenters. The second-order valence-corrected chi connectivity index (χ2v) is 6.13. The number of hydrogen-bond acceptors (Lipinski definition) is 4. The average molecular weight is 307 g/mol. The van der Waals surface area contributed by atoms with Gasteiger partial charge in [0, 0.05) is 12.2 Å². The summed E-state index contributed by atoms with van der Waals surface area (Å²) in [6.45, 7) is 7.19. The normalized spacial score (nSPS) is 12.3. The van der Waals surface area contributed by atoms with Crippen molar-refractivity contribution in [2.75, 3.05) is 12.3 Å². The van der Waals surface area contributed by atoms with E-state index in [-0.39, 0.29) is 0 Å². The number of aryl methyl sites for hydroxylation is 2. The lowest BCUT2D eigenvalue weighted by atomic mass is 10.3. The van der Waals surface area contributed by atoms with E-state index in [1.807, 2.05) is 31.5 Å². The highest BCUT2D eigenvalue weighted by Crippen LogP contribution is 2.25. The Hall–Kier alpha value is -1.82. The first-order valence-electron chi connectivity index (χ1n) is 6.99. The van der Waals surface area contributed by atoms with E-state index < -0.39 is 10.8 Å². The van der Waals surface area contributed by atoms with E-state index in [1.165, 1.54) is 0 Å². The molecule has 0 aliphatic rings. The Labute approximate surface area is 127 Å². The minimum absolute atomic E-state index is 0.397. The minimum atomic E-state index is -1.22. The molecule has 0 radical (unpaired) electrons. The van der Waals surface area contributed by atoms with Gasteiger partial charge in [0.15, 0.2) is 0 Å². The number of anilines is 1. The Balaban J connectivity index is 2.25. The standard InChI is InChI=1S/C15H21N3O2S/c1-4-18-12(8-11(3)17-18)10-21(19)15-9-13(20-5-2)6-7-14(15)16/h6-9H,4-5,10,16H2,1-3H3. The van der Waals surface area contributed by atoms with Gasteiger partial charge in [0.25, 0.3) is 0 Å². The molecule has 1 aromatic heterocycles. The predicted molar refractivity (Wildman–Crippen MR) is 84.8 cm³/mol. The van der Waals surface area contributed by atoms with Crippen LogP contribution in [0.4, 0.5) is 5.69 Å². The molecule has 0 saturated heterocycles. The molecule has 2 rings (SSSR count). The fourth-order valence-corrected chi connectivity index (χ4v) is 3.40. The third kappa shape index (κ3) is 3.64. The molecule has 6 heteroatoms. The molecule has 114 valence electrons. The van der Waals surface area contributed by atoms with Gasteiger partial charge in [-0.05, 0) is 45.0 Å². The summed E-state index contributed by atoms with van der Waals surface area (Å²) in [7, 11) is -1.22. The summed E-state index contributed by atoms with van der Waals surface area (Å²) in [5.74, 6) is 1.09. The maximum absolute atomic E-state index is 12.6. The minimum Gasteiger partial charge on any atom is -0.494 e. The predicted octanol–water partition coefficient (Wildman–Crippen LogP) is 2.50. The lowest BCUT2D eigenvalue weighted by molar-refractivity contribution is 0.339. The molecular formula is C15H21N3O2S. The van der Waals surface area contributed by atoms with Crippen molar-refractivity contribution in [3.05, 3.63) is 35.7 Å². The molecule has 0 saturated carbocycles. The van der Waals surface area contributed by atoms with Crippen LogP contribution >= 0.6 is 0 Å². The van der Waals surface area contributed by atoms with Crippen LogP contribution in [0.3, 0.4) is 0 Å². The maximum atomic E-state index is 12.6. The van der Waals surface area contributed by atoms with Gasteiger partial charge in [-0.25, -0.2) is 0 Å². The van der Waals surface area contributed by atoms with Crippen LogP contribution in [-0.4, -0.2) is 20.6 Å². The highest BCUT2D eigenvalue weighted by atomic mass is 32.2.